The van der Waals surface area contributed by atoms with Gasteiger partial charge in [-0.3, -0.25) is 4.79 Å². The van der Waals surface area contributed by atoms with Crippen LogP contribution in [-0.4, -0.2) is 28.4 Å². The molecular weight excluding hydrogens is 296 g/mol. The number of hydrogen-bond donors (Lipinski definition) is 3. The molecule has 0 heterocycles. The first-order valence-electron chi connectivity index (χ1n) is 7.00. The van der Waals surface area contributed by atoms with Crippen LogP contribution in [0.5, 0.6) is 17.2 Å². The fourth-order valence-corrected chi connectivity index (χ4v) is 1.92. The zero-order valence-corrected chi connectivity index (χ0v) is 12.9. The molecule has 0 saturated heterocycles. The number of aromatic hydroxyl groups is 2. The molecule has 0 bridgehead atoms. The number of benzene rings is 2. The summed E-state index contributed by atoms with van der Waals surface area (Å²) in [4.78, 5) is 11.7. The van der Waals surface area contributed by atoms with E-state index in [1.807, 2.05) is 25.1 Å². The van der Waals surface area contributed by atoms with Crippen molar-refractivity contribution in [3.05, 3.63) is 53.6 Å². The molecule has 0 saturated carbocycles. The molecule has 1 amide bonds. The zero-order valence-electron chi connectivity index (χ0n) is 12.9. The van der Waals surface area contributed by atoms with Crippen LogP contribution >= 0.6 is 0 Å². The lowest BCUT2D eigenvalue weighted by Crippen LogP contribution is -2.25. The Balaban J connectivity index is 1.92. The number of amides is 1. The van der Waals surface area contributed by atoms with Crippen LogP contribution in [-0.2, 0) is 4.79 Å². The summed E-state index contributed by atoms with van der Waals surface area (Å²) in [5.41, 5.74) is 4.23. The van der Waals surface area contributed by atoms with Gasteiger partial charge in [0.25, 0.3) is 5.91 Å². The number of hydrogen-bond acceptors (Lipinski definition) is 5. The Labute approximate surface area is 134 Å². The lowest BCUT2D eigenvalue weighted by atomic mass is 10.1. The van der Waals surface area contributed by atoms with E-state index >= 15 is 0 Å². The van der Waals surface area contributed by atoms with E-state index in [1.54, 1.807) is 13.0 Å². The fourth-order valence-electron chi connectivity index (χ4n) is 1.92. The summed E-state index contributed by atoms with van der Waals surface area (Å²) in [5, 5.41) is 22.9. The molecule has 3 N–H and O–H groups in total. The van der Waals surface area contributed by atoms with Crippen molar-refractivity contribution in [3.8, 4) is 17.2 Å². The van der Waals surface area contributed by atoms with Gasteiger partial charge in [-0.25, -0.2) is 5.43 Å². The summed E-state index contributed by atoms with van der Waals surface area (Å²) in [6, 6.07) is 11.5. The molecule has 0 radical (unpaired) electrons. The van der Waals surface area contributed by atoms with Crippen molar-refractivity contribution >= 4 is 11.6 Å². The quantitative estimate of drug-likeness (QED) is 0.583. The molecule has 0 aromatic heterocycles. The summed E-state index contributed by atoms with van der Waals surface area (Å²) >= 11 is 0. The van der Waals surface area contributed by atoms with Crippen LogP contribution in [0, 0.1) is 6.92 Å². The maximum absolute atomic E-state index is 11.7. The van der Waals surface area contributed by atoms with Crippen molar-refractivity contribution in [1.82, 2.24) is 5.43 Å². The van der Waals surface area contributed by atoms with Crippen LogP contribution < -0.4 is 10.2 Å². The van der Waals surface area contributed by atoms with E-state index in [0.29, 0.717) is 17.0 Å². The molecule has 0 spiro atoms. The van der Waals surface area contributed by atoms with Gasteiger partial charge in [-0.1, -0.05) is 12.1 Å². The third kappa shape index (κ3) is 4.74. The number of phenolic OH excluding ortho intramolecular Hbond substituents is 2. The number of rotatable bonds is 5. The van der Waals surface area contributed by atoms with E-state index in [1.165, 1.54) is 18.2 Å². The van der Waals surface area contributed by atoms with E-state index in [2.05, 4.69) is 10.5 Å². The summed E-state index contributed by atoms with van der Waals surface area (Å²) in [6.07, 6.45) is 0. The molecule has 2 rings (SSSR count). The van der Waals surface area contributed by atoms with E-state index in [-0.39, 0.29) is 18.1 Å². The Bertz CT molecular complexity index is 741. The SMILES string of the molecule is C/C(=N\NC(=O)COc1cccc(C)c1)c1ccc(O)cc1O. The molecule has 0 aliphatic heterocycles. The molecule has 0 atom stereocenters. The van der Waals surface area contributed by atoms with Crippen molar-refractivity contribution in [3.63, 3.8) is 0 Å². The minimum absolute atomic E-state index is 0.0466. The monoisotopic (exact) mass is 314 g/mol. The van der Waals surface area contributed by atoms with Gasteiger partial charge in [0.05, 0.1) is 5.71 Å². The Morgan fingerprint density at radius 2 is 2.00 bits per heavy atom. The van der Waals surface area contributed by atoms with Gasteiger partial charge in [-0.15, -0.1) is 0 Å². The normalized spacial score (nSPS) is 11.1. The molecule has 0 fully saturated rings. The lowest BCUT2D eigenvalue weighted by molar-refractivity contribution is -0.123. The minimum Gasteiger partial charge on any atom is -0.508 e. The number of nitrogens with zero attached hydrogens (tertiary/aromatic N) is 1. The highest BCUT2D eigenvalue weighted by molar-refractivity contribution is 6.01. The van der Waals surface area contributed by atoms with Crippen LogP contribution in [0.15, 0.2) is 47.6 Å². The number of carbonyl (C=O) groups excluding carboxylic acids is 1. The number of nitrogens with one attached hydrogen (secondary N) is 1. The highest BCUT2D eigenvalue weighted by Crippen LogP contribution is 2.22. The molecule has 120 valence electrons. The van der Waals surface area contributed by atoms with Gasteiger partial charge >= 0.3 is 0 Å². The predicted octanol–water partition coefficient (Wildman–Crippen LogP) is 2.33. The smallest absolute Gasteiger partial charge is 0.277 e. The van der Waals surface area contributed by atoms with Gasteiger partial charge < -0.3 is 14.9 Å². The molecule has 0 aliphatic rings. The average molecular weight is 314 g/mol. The van der Waals surface area contributed by atoms with Crippen LogP contribution in [0.3, 0.4) is 0 Å². The van der Waals surface area contributed by atoms with E-state index < -0.39 is 5.91 Å². The lowest BCUT2D eigenvalue weighted by Gasteiger charge is -2.07. The van der Waals surface area contributed by atoms with E-state index in [4.69, 9.17) is 4.74 Å². The zero-order chi connectivity index (χ0) is 16.8. The van der Waals surface area contributed by atoms with Gasteiger partial charge in [-0.05, 0) is 43.7 Å². The van der Waals surface area contributed by atoms with Gasteiger partial charge in [-0.2, -0.15) is 5.10 Å². The first-order valence-corrected chi connectivity index (χ1v) is 7.00. The number of hydrazone groups is 1. The standard InChI is InChI=1S/C17H18N2O4/c1-11-4-3-5-14(8-11)23-10-17(22)19-18-12(2)15-7-6-13(20)9-16(15)21/h3-9,20-21H,10H2,1-2H3,(H,19,22)/b18-12+. The van der Waals surface area contributed by atoms with Crippen molar-refractivity contribution in [2.75, 3.05) is 6.61 Å². The Morgan fingerprint density at radius 3 is 2.70 bits per heavy atom. The number of aryl methyl sites for hydroxylation is 1. The number of ether oxygens (including phenoxy) is 1. The second kappa shape index (κ2) is 7.31. The first-order chi connectivity index (χ1) is 11.0. The van der Waals surface area contributed by atoms with Crippen molar-refractivity contribution in [1.29, 1.82) is 0 Å². The van der Waals surface area contributed by atoms with Crippen LogP contribution in [0.1, 0.15) is 18.1 Å². The Kier molecular flexibility index (Phi) is 5.19. The van der Waals surface area contributed by atoms with Gasteiger partial charge in [0.15, 0.2) is 6.61 Å². The molecule has 23 heavy (non-hydrogen) atoms. The van der Waals surface area contributed by atoms with Crippen molar-refractivity contribution in [2.24, 2.45) is 5.10 Å². The third-order valence-electron chi connectivity index (χ3n) is 3.08. The highest BCUT2D eigenvalue weighted by atomic mass is 16.5. The summed E-state index contributed by atoms with van der Waals surface area (Å²) in [6.45, 7) is 3.40. The number of phenols is 2. The second-order valence-corrected chi connectivity index (χ2v) is 5.04. The molecule has 2 aromatic rings. The van der Waals surface area contributed by atoms with Gasteiger partial charge in [0.1, 0.15) is 17.2 Å². The Hall–Kier alpha value is -3.02. The van der Waals surface area contributed by atoms with E-state index in [0.717, 1.165) is 5.56 Å². The van der Waals surface area contributed by atoms with Gasteiger partial charge in [0, 0.05) is 11.6 Å². The molecular formula is C17H18N2O4. The maximum atomic E-state index is 11.7. The molecule has 0 aliphatic carbocycles. The summed E-state index contributed by atoms with van der Waals surface area (Å²) in [7, 11) is 0. The van der Waals surface area contributed by atoms with E-state index in [9.17, 15) is 15.0 Å². The van der Waals surface area contributed by atoms with Crippen LogP contribution in [0.2, 0.25) is 0 Å². The summed E-state index contributed by atoms with van der Waals surface area (Å²) in [5.74, 6) is 0.0345. The first kappa shape index (κ1) is 16.4. The minimum atomic E-state index is -0.413. The summed E-state index contributed by atoms with van der Waals surface area (Å²) < 4.78 is 5.36. The highest BCUT2D eigenvalue weighted by Gasteiger charge is 2.07. The predicted molar refractivity (Wildman–Crippen MR) is 86.8 cm³/mol. The fraction of sp³-hybridized carbons (Fsp3) is 0.176. The average Bonchev–Trinajstić information content (AvgIpc) is 2.50. The van der Waals surface area contributed by atoms with Crippen LogP contribution in [0.25, 0.3) is 0 Å². The molecule has 0 unspecified atom stereocenters. The topological polar surface area (TPSA) is 91.2 Å². The largest absolute Gasteiger partial charge is 0.508 e. The van der Waals surface area contributed by atoms with Crippen molar-refractivity contribution < 1.29 is 19.7 Å². The van der Waals surface area contributed by atoms with Crippen LogP contribution in [0.4, 0.5) is 0 Å². The molecule has 6 heteroatoms. The van der Waals surface area contributed by atoms with Gasteiger partial charge in [0.2, 0.25) is 0 Å². The maximum Gasteiger partial charge on any atom is 0.277 e. The second-order valence-electron chi connectivity index (χ2n) is 5.04. The third-order valence-corrected chi connectivity index (χ3v) is 3.08. The van der Waals surface area contributed by atoms with Crippen molar-refractivity contribution in [2.45, 2.75) is 13.8 Å². The molecule has 6 nitrogen and oxygen atoms in total. The number of carbonyl (C=O) groups is 1. The Morgan fingerprint density at radius 1 is 1.22 bits per heavy atom. The molecule has 2 aromatic carbocycles.